The van der Waals surface area contributed by atoms with E-state index in [2.05, 4.69) is 0 Å². The zero-order valence-corrected chi connectivity index (χ0v) is 12.3. The van der Waals surface area contributed by atoms with Crippen molar-refractivity contribution in [1.29, 1.82) is 0 Å². The van der Waals surface area contributed by atoms with Gasteiger partial charge in [0.25, 0.3) is 5.91 Å². The monoisotopic (exact) mass is 315 g/mol. The highest BCUT2D eigenvalue weighted by molar-refractivity contribution is 6.08. The van der Waals surface area contributed by atoms with Gasteiger partial charge in [-0.05, 0) is 36.8 Å². The lowest BCUT2D eigenvalue weighted by molar-refractivity contribution is -0.130. The molecule has 1 aliphatic heterocycles. The van der Waals surface area contributed by atoms with Crippen molar-refractivity contribution in [1.82, 2.24) is 4.90 Å². The van der Waals surface area contributed by atoms with E-state index in [1.165, 1.54) is 42.4 Å². The summed E-state index contributed by atoms with van der Waals surface area (Å²) >= 11 is 0. The first-order valence-electron chi connectivity index (χ1n) is 7.02. The van der Waals surface area contributed by atoms with Crippen molar-refractivity contribution in [2.24, 2.45) is 0 Å². The zero-order valence-electron chi connectivity index (χ0n) is 12.3. The van der Waals surface area contributed by atoms with Gasteiger partial charge in [0.15, 0.2) is 11.5 Å². The van der Waals surface area contributed by atoms with E-state index >= 15 is 0 Å². The van der Waals surface area contributed by atoms with Crippen molar-refractivity contribution in [3.05, 3.63) is 71.1 Å². The van der Waals surface area contributed by atoms with Crippen LogP contribution in [0, 0.1) is 5.82 Å². The number of nitrogens with zero attached hydrogens (tertiary/aromatic N) is 1. The van der Waals surface area contributed by atoms with E-state index in [0.29, 0.717) is 11.3 Å². The number of amides is 1. The second-order valence-electron chi connectivity index (χ2n) is 5.28. The largest absolute Gasteiger partial charge is 0.503 e. The van der Waals surface area contributed by atoms with Crippen LogP contribution in [0.1, 0.15) is 24.3 Å². The first-order chi connectivity index (χ1) is 11.0. The molecule has 2 heterocycles. The van der Waals surface area contributed by atoms with Crippen molar-refractivity contribution >= 4 is 11.7 Å². The number of hydrogen-bond acceptors (Lipinski definition) is 4. The van der Waals surface area contributed by atoms with Crippen LogP contribution in [0.25, 0.3) is 0 Å². The number of aliphatic hydroxyl groups excluding tert-OH is 1. The van der Waals surface area contributed by atoms with Crippen molar-refractivity contribution in [3.8, 4) is 0 Å². The Kier molecular flexibility index (Phi) is 3.73. The molecule has 3 rings (SSSR count). The second-order valence-corrected chi connectivity index (χ2v) is 5.28. The van der Waals surface area contributed by atoms with Crippen molar-refractivity contribution in [2.75, 3.05) is 0 Å². The molecule has 0 radical (unpaired) electrons. The minimum Gasteiger partial charge on any atom is -0.503 e. The van der Waals surface area contributed by atoms with Gasteiger partial charge in [0.2, 0.25) is 0 Å². The van der Waals surface area contributed by atoms with Gasteiger partial charge in [0, 0.05) is 0 Å². The summed E-state index contributed by atoms with van der Waals surface area (Å²) in [5, 5.41) is 10.1. The highest BCUT2D eigenvalue weighted by Crippen LogP contribution is 2.38. The average molecular weight is 315 g/mol. The minimum atomic E-state index is -0.773. The Labute approximate surface area is 131 Å². The Bertz CT molecular complexity index is 777. The molecule has 0 unspecified atom stereocenters. The van der Waals surface area contributed by atoms with Gasteiger partial charge >= 0.3 is 0 Å². The van der Waals surface area contributed by atoms with Crippen LogP contribution >= 0.6 is 0 Å². The van der Waals surface area contributed by atoms with Crippen molar-refractivity contribution in [2.45, 2.75) is 19.5 Å². The summed E-state index contributed by atoms with van der Waals surface area (Å²) in [6, 6.07) is 8.08. The number of carbonyl (C=O) groups excluding carboxylic acids is 2. The molecule has 23 heavy (non-hydrogen) atoms. The number of aliphatic hydroxyl groups is 1. The third kappa shape index (κ3) is 2.63. The molecule has 1 N–H and O–H groups in total. The molecule has 6 heteroatoms. The predicted octanol–water partition coefficient (Wildman–Crippen LogP) is 2.90. The molecule has 118 valence electrons. The predicted molar refractivity (Wildman–Crippen MR) is 78.7 cm³/mol. The molecule has 1 amide bonds. The van der Waals surface area contributed by atoms with Crippen LogP contribution in [0.15, 0.2) is 58.4 Å². The number of rotatable bonds is 4. The van der Waals surface area contributed by atoms with Gasteiger partial charge in [-0.3, -0.25) is 9.59 Å². The molecule has 0 spiro atoms. The molecule has 1 aromatic heterocycles. The van der Waals surface area contributed by atoms with Crippen LogP contribution in [0.3, 0.4) is 0 Å². The fraction of sp³-hybridized carbons (Fsp3) is 0.176. The summed E-state index contributed by atoms with van der Waals surface area (Å²) in [6.07, 6.45) is 1.47. The molecule has 1 aromatic carbocycles. The Morgan fingerprint density at radius 2 is 2.00 bits per heavy atom. The summed E-state index contributed by atoms with van der Waals surface area (Å²) in [5.41, 5.74) is 0.550. The number of ketones is 1. The Balaban J connectivity index is 2.05. The summed E-state index contributed by atoms with van der Waals surface area (Å²) in [5.74, 6) is -1.54. The second kappa shape index (κ2) is 5.72. The fourth-order valence-corrected chi connectivity index (χ4v) is 2.74. The Morgan fingerprint density at radius 3 is 2.57 bits per heavy atom. The van der Waals surface area contributed by atoms with Crippen LogP contribution in [0.5, 0.6) is 0 Å². The maximum Gasteiger partial charge on any atom is 0.290 e. The van der Waals surface area contributed by atoms with E-state index in [9.17, 15) is 19.1 Å². The molecule has 0 bridgehead atoms. The quantitative estimate of drug-likeness (QED) is 0.942. The highest BCUT2D eigenvalue weighted by atomic mass is 19.1. The van der Waals surface area contributed by atoms with Gasteiger partial charge in [-0.2, -0.15) is 0 Å². The lowest BCUT2D eigenvalue weighted by Crippen LogP contribution is -2.30. The van der Waals surface area contributed by atoms with E-state index in [-0.39, 0.29) is 12.1 Å². The Hall–Kier alpha value is -2.89. The van der Waals surface area contributed by atoms with Crippen LogP contribution < -0.4 is 0 Å². The topological polar surface area (TPSA) is 70.8 Å². The summed E-state index contributed by atoms with van der Waals surface area (Å²) in [4.78, 5) is 25.6. The van der Waals surface area contributed by atoms with E-state index in [0.717, 1.165) is 0 Å². The molecule has 0 aliphatic carbocycles. The molecule has 1 atom stereocenters. The third-order valence-electron chi connectivity index (χ3n) is 3.77. The third-order valence-corrected chi connectivity index (χ3v) is 3.77. The van der Waals surface area contributed by atoms with Crippen LogP contribution in [-0.4, -0.2) is 21.7 Å². The number of halogens is 1. The standard InChI is InChI=1S/C17H14FNO4/c1-10(20)14-15(11-4-6-12(18)7-5-11)19(17(22)16(14)21)9-13-3-2-8-23-13/h2-8,15,21H,9H2,1H3/t15-/m1/s1. The summed E-state index contributed by atoms with van der Waals surface area (Å²) in [6.45, 7) is 1.38. The number of carbonyl (C=O) groups is 2. The van der Waals surface area contributed by atoms with E-state index < -0.39 is 29.3 Å². The summed E-state index contributed by atoms with van der Waals surface area (Å²) < 4.78 is 18.4. The van der Waals surface area contributed by atoms with Crippen molar-refractivity contribution < 1.29 is 23.5 Å². The van der Waals surface area contributed by atoms with E-state index in [4.69, 9.17) is 4.42 Å². The maximum absolute atomic E-state index is 13.2. The molecule has 2 aromatic rings. The van der Waals surface area contributed by atoms with Gasteiger partial charge in [0.05, 0.1) is 24.4 Å². The number of Topliss-reactive ketones (excluding diaryl/α,β-unsaturated/α-hetero) is 1. The van der Waals surface area contributed by atoms with Crippen molar-refractivity contribution in [3.63, 3.8) is 0 Å². The average Bonchev–Trinajstić information content (AvgIpc) is 3.10. The molecular formula is C17H14FNO4. The maximum atomic E-state index is 13.2. The van der Waals surface area contributed by atoms with E-state index in [1.807, 2.05) is 0 Å². The number of benzene rings is 1. The molecule has 1 aliphatic rings. The van der Waals surface area contributed by atoms with Gasteiger partial charge in [0.1, 0.15) is 11.6 Å². The first kappa shape index (κ1) is 15.0. The lowest BCUT2D eigenvalue weighted by Gasteiger charge is -2.25. The molecule has 5 nitrogen and oxygen atoms in total. The SMILES string of the molecule is CC(=O)C1=C(O)C(=O)N(Cc2ccco2)[C@@H]1c1ccc(F)cc1. The minimum absolute atomic E-state index is 0.00756. The first-order valence-corrected chi connectivity index (χ1v) is 7.02. The molecule has 0 saturated carbocycles. The van der Waals surface area contributed by atoms with E-state index in [1.54, 1.807) is 12.1 Å². The molecule has 0 fully saturated rings. The van der Waals surface area contributed by atoms with Gasteiger partial charge in [-0.1, -0.05) is 12.1 Å². The Morgan fingerprint density at radius 1 is 1.30 bits per heavy atom. The smallest absolute Gasteiger partial charge is 0.290 e. The highest BCUT2D eigenvalue weighted by Gasteiger charge is 2.42. The van der Waals surface area contributed by atoms with Gasteiger partial charge < -0.3 is 14.4 Å². The number of furan rings is 1. The number of hydrogen-bond donors (Lipinski definition) is 1. The zero-order chi connectivity index (χ0) is 16.6. The normalized spacial score (nSPS) is 17.9. The van der Waals surface area contributed by atoms with Crippen LogP contribution in [0.4, 0.5) is 4.39 Å². The van der Waals surface area contributed by atoms with Crippen LogP contribution in [0.2, 0.25) is 0 Å². The van der Waals surface area contributed by atoms with Gasteiger partial charge in [-0.15, -0.1) is 0 Å². The fourth-order valence-electron chi connectivity index (χ4n) is 2.74. The summed E-state index contributed by atoms with van der Waals surface area (Å²) in [7, 11) is 0. The van der Waals surface area contributed by atoms with Gasteiger partial charge in [-0.25, -0.2) is 4.39 Å². The molecule has 0 saturated heterocycles. The van der Waals surface area contributed by atoms with Crippen LogP contribution in [-0.2, 0) is 16.1 Å². The lowest BCUT2D eigenvalue weighted by atomic mass is 9.96. The molecular weight excluding hydrogens is 301 g/mol.